The Morgan fingerprint density at radius 2 is 2.12 bits per heavy atom. The van der Waals surface area contributed by atoms with E-state index in [0.29, 0.717) is 18.8 Å². The highest BCUT2D eigenvalue weighted by molar-refractivity contribution is 5.75. The zero-order chi connectivity index (χ0) is 12.1. The van der Waals surface area contributed by atoms with Crippen molar-refractivity contribution in [1.82, 2.24) is 4.90 Å². The molecule has 0 heterocycles. The lowest BCUT2D eigenvalue weighted by Crippen LogP contribution is -2.33. The average molecular weight is 225 g/mol. The fourth-order valence-corrected chi connectivity index (χ4v) is 1.52. The number of halogens is 1. The van der Waals surface area contributed by atoms with Crippen molar-refractivity contribution >= 4 is 11.6 Å². The summed E-state index contributed by atoms with van der Waals surface area (Å²) < 4.78 is 13.1. The molecule has 0 saturated carbocycles. The summed E-state index contributed by atoms with van der Waals surface area (Å²) in [5, 5.41) is 0. The van der Waals surface area contributed by atoms with Crippen LogP contribution >= 0.6 is 0 Å². The summed E-state index contributed by atoms with van der Waals surface area (Å²) in [6, 6.07) is 4.35. The van der Waals surface area contributed by atoms with Gasteiger partial charge in [-0.3, -0.25) is 9.69 Å². The molecule has 1 amide bonds. The lowest BCUT2D eigenvalue weighted by atomic mass is 10.2. The van der Waals surface area contributed by atoms with Crippen LogP contribution in [0.5, 0.6) is 0 Å². The van der Waals surface area contributed by atoms with Gasteiger partial charge >= 0.3 is 0 Å². The number of rotatable bonds is 5. The van der Waals surface area contributed by atoms with Crippen molar-refractivity contribution in [3.63, 3.8) is 0 Å². The van der Waals surface area contributed by atoms with E-state index < -0.39 is 5.91 Å². The summed E-state index contributed by atoms with van der Waals surface area (Å²) in [6.07, 6.45) is 0. The molecule has 0 bridgehead atoms. The number of carbonyl (C=O) groups excluding carboxylic acids is 1. The van der Waals surface area contributed by atoms with Crippen LogP contribution in [0, 0.1) is 5.82 Å². The number of hydrogen-bond donors (Lipinski definition) is 2. The first-order valence-electron chi connectivity index (χ1n) is 5.07. The number of anilines is 1. The van der Waals surface area contributed by atoms with Crippen LogP contribution in [0.25, 0.3) is 0 Å². The van der Waals surface area contributed by atoms with Crippen molar-refractivity contribution in [2.24, 2.45) is 5.73 Å². The lowest BCUT2D eigenvalue weighted by Gasteiger charge is -2.18. The molecule has 0 aliphatic carbocycles. The fourth-order valence-electron chi connectivity index (χ4n) is 1.52. The molecule has 0 aliphatic heterocycles. The number of nitrogens with two attached hydrogens (primary N) is 2. The zero-order valence-corrected chi connectivity index (χ0v) is 9.24. The van der Waals surface area contributed by atoms with Gasteiger partial charge in [0.15, 0.2) is 0 Å². The van der Waals surface area contributed by atoms with E-state index in [-0.39, 0.29) is 12.4 Å². The molecule has 0 aliphatic rings. The molecular formula is C11H16FN3O. The second-order valence-corrected chi connectivity index (χ2v) is 3.66. The summed E-state index contributed by atoms with van der Waals surface area (Å²) >= 11 is 0. The maximum atomic E-state index is 13.1. The van der Waals surface area contributed by atoms with Crippen LogP contribution in [0.1, 0.15) is 12.5 Å². The highest BCUT2D eigenvalue weighted by atomic mass is 19.1. The molecule has 0 radical (unpaired) electrons. The predicted molar refractivity (Wildman–Crippen MR) is 61.0 cm³/mol. The van der Waals surface area contributed by atoms with Crippen LogP contribution in [0.15, 0.2) is 18.2 Å². The van der Waals surface area contributed by atoms with E-state index in [4.69, 9.17) is 11.5 Å². The van der Waals surface area contributed by atoms with Gasteiger partial charge < -0.3 is 11.5 Å². The van der Waals surface area contributed by atoms with Gasteiger partial charge in [0.25, 0.3) is 0 Å². The van der Waals surface area contributed by atoms with Crippen molar-refractivity contribution < 1.29 is 9.18 Å². The van der Waals surface area contributed by atoms with Gasteiger partial charge in [-0.1, -0.05) is 6.92 Å². The van der Waals surface area contributed by atoms with Gasteiger partial charge in [-0.2, -0.15) is 0 Å². The maximum Gasteiger partial charge on any atom is 0.231 e. The first-order chi connectivity index (χ1) is 7.51. The van der Waals surface area contributed by atoms with Crippen molar-refractivity contribution in [1.29, 1.82) is 0 Å². The highest BCUT2D eigenvalue weighted by Gasteiger charge is 2.08. The van der Waals surface area contributed by atoms with Gasteiger partial charge in [0.05, 0.1) is 6.54 Å². The minimum atomic E-state index is -0.397. The number of nitrogens with zero attached hydrogens (tertiary/aromatic N) is 1. The SMILES string of the molecule is CCN(CC(N)=O)Cc1cc(N)cc(F)c1. The van der Waals surface area contributed by atoms with Gasteiger partial charge in [-0.05, 0) is 30.3 Å². The number of nitrogen functional groups attached to an aromatic ring is 1. The minimum absolute atomic E-state index is 0.160. The van der Waals surface area contributed by atoms with Gasteiger partial charge in [0.2, 0.25) is 5.91 Å². The van der Waals surface area contributed by atoms with Gasteiger partial charge in [0.1, 0.15) is 5.82 Å². The maximum absolute atomic E-state index is 13.1. The third-order valence-corrected chi connectivity index (χ3v) is 2.21. The molecule has 0 atom stereocenters. The molecule has 4 nitrogen and oxygen atoms in total. The van der Waals surface area contributed by atoms with Crippen LogP contribution in [0.2, 0.25) is 0 Å². The quantitative estimate of drug-likeness (QED) is 0.725. The van der Waals surface area contributed by atoms with Crippen LogP contribution in [0.3, 0.4) is 0 Å². The van der Waals surface area contributed by atoms with E-state index in [1.54, 1.807) is 6.07 Å². The average Bonchev–Trinajstić information content (AvgIpc) is 2.14. The third-order valence-electron chi connectivity index (χ3n) is 2.21. The summed E-state index contributed by atoms with van der Waals surface area (Å²) in [6.45, 7) is 3.19. The Balaban J connectivity index is 2.73. The minimum Gasteiger partial charge on any atom is -0.399 e. The van der Waals surface area contributed by atoms with Crippen molar-refractivity contribution in [3.8, 4) is 0 Å². The summed E-state index contributed by atoms with van der Waals surface area (Å²) in [5.74, 6) is -0.767. The molecule has 0 aromatic heterocycles. The Labute approximate surface area is 94.0 Å². The molecule has 16 heavy (non-hydrogen) atoms. The monoisotopic (exact) mass is 225 g/mol. The Kier molecular flexibility index (Phi) is 4.25. The molecule has 1 aromatic carbocycles. The normalized spacial score (nSPS) is 10.7. The molecule has 0 fully saturated rings. The molecule has 0 saturated heterocycles. The Bertz CT molecular complexity index is 361. The molecular weight excluding hydrogens is 209 g/mol. The van der Waals surface area contributed by atoms with Crippen LogP contribution in [0.4, 0.5) is 10.1 Å². The largest absolute Gasteiger partial charge is 0.399 e. The van der Waals surface area contributed by atoms with Crippen molar-refractivity contribution in [2.75, 3.05) is 18.8 Å². The predicted octanol–water partition coefficient (Wildman–Crippen LogP) is 0.715. The van der Waals surface area contributed by atoms with E-state index in [1.165, 1.54) is 12.1 Å². The smallest absolute Gasteiger partial charge is 0.231 e. The standard InChI is InChI=1S/C11H16FN3O/c1-2-15(7-11(14)16)6-8-3-9(12)5-10(13)4-8/h3-5H,2,6-7,13H2,1H3,(H2,14,16). The van der Waals surface area contributed by atoms with E-state index in [2.05, 4.69) is 0 Å². The van der Waals surface area contributed by atoms with Crippen molar-refractivity contribution in [3.05, 3.63) is 29.6 Å². The lowest BCUT2D eigenvalue weighted by molar-refractivity contribution is -0.119. The summed E-state index contributed by atoms with van der Waals surface area (Å²) in [4.78, 5) is 12.6. The molecule has 4 N–H and O–H groups in total. The van der Waals surface area contributed by atoms with Crippen molar-refractivity contribution in [2.45, 2.75) is 13.5 Å². The number of hydrogen-bond acceptors (Lipinski definition) is 3. The van der Waals surface area contributed by atoms with Crippen LogP contribution in [-0.4, -0.2) is 23.9 Å². The molecule has 0 spiro atoms. The first kappa shape index (κ1) is 12.4. The molecule has 1 aromatic rings. The van der Waals surface area contributed by atoms with E-state index in [1.807, 2.05) is 11.8 Å². The summed E-state index contributed by atoms with van der Waals surface area (Å²) in [7, 11) is 0. The summed E-state index contributed by atoms with van der Waals surface area (Å²) in [5.41, 5.74) is 11.7. The molecule has 1 rings (SSSR count). The highest BCUT2D eigenvalue weighted by Crippen LogP contribution is 2.12. The second kappa shape index (κ2) is 5.46. The fraction of sp³-hybridized carbons (Fsp3) is 0.364. The van der Waals surface area contributed by atoms with E-state index in [0.717, 1.165) is 5.56 Å². The van der Waals surface area contributed by atoms with Gasteiger partial charge in [-0.25, -0.2) is 4.39 Å². The number of benzene rings is 1. The van der Waals surface area contributed by atoms with E-state index in [9.17, 15) is 9.18 Å². The zero-order valence-electron chi connectivity index (χ0n) is 9.24. The number of carbonyl (C=O) groups is 1. The first-order valence-corrected chi connectivity index (χ1v) is 5.07. The number of primary amides is 1. The topological polar surface area (TPSA) is 72.3 Å². The number of amides is 1. The second-order valence-electron chi connectivity index (χ2n) is 3.66. The third kappa shape index (κ3) is 3.86. The van der Waals surface area contributed by atoms with Crippen LogP contribution < -0.4 is 11.5 Å². The molecule has 0 unspecified atom stereocenters. The number of likely N-dealkylation sites (N-methyl/N-ethyl adjacent to an activating group) is 1. The molecule has 88 valence electrons. The Hall–Kier alpha value is -1.62. The molecule has 5 heteroatoms. The van der Waals surface area contributed by atoms with Gasteiger partial charge in [-0.15, -0.1) is 0 Å². The van der Waals surface area contributed by atoms with E-state index >= 15 is 0 Å². The van der Waals surface area contributed by atoms with Crippen LogP contribution in [-0.2, 0) is 11.3 Å². The van der Waals surface area contributed by atoms with Gasteiger partial charge in [0, 0.05) is 12.2 Å². The Morgan fingerprint density at radius 1 is 1.44 bits per heavy atom. The Morgan fingerprint density at radius 3 is 2.62 bits per heavy atom.